The van der Waals surface area contributed by atoms with E-state index < -0.39 is 17.5 Å². The first-order valence-electron chi connectivity index (χ1n) is 4.07. The summed E-state index contributed by atoms with van der Waals surface area (Å²) in [5, 5.41) is 0. The van der Waals surface area contributed by atoms with Gasteiger partial charge in [-0.1, -0.05) is 0 Å². The maximum absolute atomic E-state index is 11.0. The lowest BCUT2D eigenvalue weighted by molar-refractivity contribution is -0.199. The standard InChI is InChI=1S/C8H15NO5/c1-6(10)14-9-12-5-7(11)13-8(2,3)4/h9H,5H2,1-4H3. The number of nitrogens with one attached hydrogen (secondary N) is 1. The second-order valence-electron chi connectivity index (χ2n) is 3.55. The molecule has 0 heterocycles. The molecule has 0 aliphatic rings. The minimum atomic E-state index is -0.561. The number of rotatable bonds is 4. The van der Waals surface area contributed by atoms with E-state index in [0.29, 0.717) is 0 Å². The van der Waals surface area contributed by atoms with E-state index in [4.69, 9.17) is 4.74 Å². The number of ether oxygens (including phenoxy) is 1. The summed E-state index contributed by atoms with van der Waals surface area (Å²) in [6, 6.07) is 0. The van der Waals surface area contributed by atoms with Gasteiger partial charge in [0.15, 0.2) is 6.61 Å². The fourth-order valence-corrected chi connectivity index (χ4v) is 0.547. The van der Waals surface area contributed by atoms with E-state index in [-0.39, 0.29) is 6.61 Å². The van der Waals surface area contributed by atoms with Crippen LogP contribution in [0.25, 0.3) is 0 Å². The van der Waals surface area contributed by atoms with Gasteiger partial charge < -0.3 is 9.57 Å². The van der Waals surface area contributed by atoms with Crippen LogP contribution in [0.15, 0.2) is 0 Å². The first kappa shape index (κ1) is 12.9. The van der Waals surface area contributed by atoms with E-state index in [1.54, 1.807) is 20.8 Å². The first-order chi connectivity index (χ1) is 6.31. The molecule has 0 fully saturated rings. The lowest BCUT2D eigenvalue weighted by Gasteiger charge is -2.19. The normalized spacial score (nSPS) is 10.9. The van der Waals surface area contributed by atoms with Gasteiger partial charge in [0.1, 0.15) is 5.60 Å². The van der Waals surface area contributed by atoms with Crippen LogP contribution >= 0.6 is 0 Å². The van der Waals surface area contributed by atoms with Crippen molar-refractivity contribution in [1.29, 1.82) is 0 Å². The highest BCUT2D eigenvalue weighted by molar-refractivity contribution is 5.71. The first-order valence-corrected chi connectivity index (χ1v) is 4.07. The topological polar surface area (TPSA) is 73.9 Å². The van der Waals surface area contributed by atoms with Gasteiger partial charge in [-0.15, -0.1) is 0 Å². The van der Waals surface area contributed by atoms with Crippen LogP contribution in [0, 0.1) is 0 Å². The lowest BCUT2D eigenvalue weighted by atomic mass is 10.2. The van der Waals surface area contributed by atoms with Gasteiger partial charge in [-0.25, -0.2) is 4.79 Å². The zero-order valence-corrected chi connectivity index (χ0v) is 8.75. The molecule has 0 aliphatic heterocycles. The Kier molecular flexibility index (Phi) is 5.11. The van der Waals surface area contributed by atoms with Gasteiger partial charge >= 0.3 is 11.9 Å². The molecule has 0 aliphatic carbocycles. The van der Waals surface area contributed by atoms with E-state index >= 15 is 0 Å². The molecule has 0 atom stereocenters. The molecule has 0 radical (unpaired) electrons. The van der Waals surface area contributed by atoms with Crippen molar-refractivity contribution in [3.63, 3.8) is 0 Å². The van der Waals surface area contributed by atoms with E-state index in [1.807, 2.05) is 5.64 Å². The smallest absolute Gasteiger partial charge is 0.334 e. The molecule has 1 N–H and O–H groups in total. The van der Waals surface area contributed by atoms with Crippen LogP contribution in [0.4, 0.5) is 0 Å². The molecule has 0 bridgehead atoms. The Labute approximate surface area is 82.4 Å². The third kappa shape index (κ3) is 8.95. The van der Waals surface area contributed by atoms with Gasteiger partial charge in [0.25, 0.3) is 0 Å². The molecule has 0 amide bonds. The maximum Gasteiger partial charge on any atom is 0.334 e. The van der Waals surface area contributed by atoms with Crippen LogP contribution < -0.4 is 5.64 Å². The Bertz CT molecular complexity index is 208. The largest absolute Gasteiger partial charge is 0.458 e. The monoisotopic (exact) mass is 205 g/mol. The third-order valence-electron chi connectivity index (χ3n) is 0.854. The third-order valence-corrected chi connectivity index (χ3v) is 0.854. The van der Waals surface area contributed by atoms with Gasteiger partial charge in [-0.05, 0) is 26.4 Å². The minimum Gasteiger partial charge on any atom is -0.458 e. The highest BCUT2D eigenvalue weighted by Crippen LogP contribution is 2.06. The number of carbonyl (C=O) groups is 2. The van der Waals surface area contributed by atoms with Gasteiger partial charge in [-0.3, -0.25) is 9.63 Å². The second-order valence-corrected chi connectivity index (χ2v) is 3.55. The molecule has 0 aromatic rings. The number of carbonyl (C=O) groups excluding carboxylic acids is 2. The molecule has 6 nitrogen and oxygen atoms in total. The molecular formula is C8H15NO5. The maximum atomic E-state index is 11.0. The van der Waals surface area contributed by atoms with Crippen molar-refractivity contribution >= 4 is 11.9 Å². The van der Waals surface area contributed by atoms with Crippen molar-refractivity contribution in [3.8, 4) is 0 Å². The molecule has 14 heavy (non-hydrogen) atoms. The minimum absolute atomic E-state index is 0.329. The highest BCUT2D eigenvalue weighted by atomic mass is 16.9. The molecule has 0 rings (SSSR count). The molecule has 0 aromatic carbocycles. The fraction of sp³-hybridized carbons (Fsp3) is 0.750. The Balaban J connectivity index is 3.50. The summed E-state index contributed by atoms with van der Waals surface area (Å²) in [6.45, 7) is 6.09. The molecule has 0 spiro atoms. The average Bonchev–Trinajstić information content (AvgIpc) is 1.94. The zero-order chi connectivity index (χ0) is 11.2. The molecule has 0 saturated heterocycles. The van der Waals surface area contributed by atoms with Crippen molar-refractivity contribution in [1.82, 2.24) is 5.64 Å². The fourth-order valence-electron chi connectivity index (χ4n) is 0.547. The van der Waals surface area contributed by atoms with Crippen LogP contribution in [0.5, 0.6) is 0 Å². The summed E-state index contributed by atoms with van der Waals surface area (Å²) in [4.78, 5) is 29.9. The van der Waals surface area contributed by atoms with Gasteiger partial charge in [-0.2, -0.15) is 0 Å². The van der Waals surface area contributed by atoms with Crippen molar-refractivity contribution in [2.45, 2.75) is 33.3 Å². The van der Waals surface area contributed by atoms with Crippen molar-refractivity contribution in [2.75, 3.05) is 6.61 Å². The molecule has 82 valence electrons. The summed E-state index contributed by atoms with van der Waals surface area (Å²) >= 11 is 0. The summed E-state index contributed by atoms with van der Waals surface area (Å²) in [5.41, 5.74) is 1.30. The van der Waals surface area contributed by atoms with Gasteiger partial charge in [0, 0.05) is 6.92 Å². The Morgan fingerprint density at radius 2 is 1.86 bits per heavy atom. The second kappa shape index (κ2) is 5.56. The molecule has 6 heteroatoms. The van der Waals surface area contributed by atoms with Crippen molar-refractivity contribution in [3.05, 3.63) is 0 Å². The van der Waals surface area contributed by atoms with E-state index in [2.05, 4.69) is 9.68 Å². The molecule has 0 unspecified atom stereocenters. The van der Waals surface area contributed by atoms with Crippen LogP contribution in [0.1, 0.15) is 27.7 Å². The molecule has 0 aromatic heterocycles. The van der Waals surface area contributed by atoms with E-state index in [9.17, 15) is 9.59 Å². The zero-order valence-electron chi connectivity index (χ0n) is 8.75. The highest BCUT2D eigenvalue weighted by Gasteiger charge is 2.16. The number of hydrogen-bond acceptors (Lipinski definition) is 6. The van der Waals surface area contributed by atoms with Crippen LogP contribution in [-0.2, 0) is 24.0 Å². The Morgan fingerprint density at radius 3 is 2.29 bits per heavy atom. The van der Waals surface area contributed by atoms with E-state index in [0.717, 1.165) is 0 Å². The van der Waals surface area contributed by atoms with Crippen molar-refractivity contribution in [2.24, 2.45) is 0 Å². The predicted molar refractivity (Wildman–Crippen MR) is 46.7 cm³/mol. The summed E-state index contributed by atoms with van der Waals surface area (Å²) < 4.78 is 4.90. The summed E-state index contributed by atoms with van der Waals surface area (Å²) in [5.74, 6) is -1.11. The summed E-state index contributed by atoms with van der Waals surface area (Å²) in [7, 11) is 0. The van der Waals surface area contributed by atoms with Gasteiger partial charge in [0.05, 0.1) is 0 Å². The average molecular weight is 205 g/mol. The summed E-state index contributed by atoms with van der Waals surface area (Å²) in [6.07, 6.45) is 0. The quantitative estimate of drug-likeness (QED) is 0.405. The molecule has 0 saturated carbocycles. The van der Waals surface area contributed by atoms with E-state index in [1.165, 1.54) is 6.92 Å². The van der Waals surface area contributed by atoms with Crippen molar-refractivity contribution < 1.29 is 24.0 Å². The Morgan fingerprint density at radius 1 is 1.29 bits per heavy atom. The molecular weight excluding hydrogens is 190 g/mol. The van der Waals surface area contributed by atoms with Crippen LogP contribution in [0.3, 0.4) is 0 Å². The number of esters is 1. The van der Waals surface area contributed by atoms with Crippen LogP contribution in [-0.4, -0.2) is 24.1 Å². The predicted octanol–water partition coefficient (Wildman–Crippen LogP) is 0.327. The van der Waals surface area contributed by atoms with Crippen LogP contribution in [0.2, 0.25) is 0 Å². The lowest BCUT2D eigenvalue weighted by Crippen LogP contribution is -2.29. The SMILES string of the molecule is CC(=O)ONOCC(=O)OC(C)(C)C. The Hall–Kier alpha value is -1.14. The van der Waals surface area contributed by atoms with Gasteiger partial charge in [0.2, 0.25) is 0 Å². The number of hydrogen-bond donors (Lipinski definition) is 1.